The van der Waals surface area contributed by atoms with Crippen LogP contribution in [0.4, 0.5) is 0 Å². The van der Waals surface area contributed by atoms with E-state index in [4.69, 9.17) is 4.74 Å². The van der Waals surface area contributed by atoms with Crippen LogP contribution in [0.1, 0.15) is 0 Å². The van der Waals surface area contributed by atoms with Crippen LogP contribution in [0.15, 0.2) is 17.3 Å². The van der Waals surface area contributed by atoms with Gasteiger partial charge in [0.25, 0.3) is 5.56 Å². The van der Waals surface area contributed by atoms with E-state index in [9.17, 15) is 4.79 Å². The monoisotopic (exact) mass is 166 g/mol. The van der Waals surface area contributed by atoms with Gasteiger partial charge in [0.05, 0.1) is 13.3 Å². The molecule has 0 aliphatic heterocycles. The summed E-state index contributed by atoms with van der Waals surface area (Å²) in [6.45, 7) is 0. The fourth-order valence-corrected chi connectivity index (χ4v) is 0.912. The van der Waals surface area contributed by atoms with Gasteiger partial charge in [-0.15, -0.1) is 0 Å². The van der Waals surface area contributed by atoms with Crippen LogP contribution in [0.5, 0.6) is 5.75 Å². The SMILES string of the molecule is COc1cn2ncnc2[nH]c1=O. The molecule has 0 unspecified atom stereocenters. The second-order valence-electron chi connectivity index (χ2n) is 2.18. The number of fused-ring (bicyclic) bond motifs is 1. The smallest absolute Gasteiger partial charge is 0.294 e. The predicted octanol–water partition coefficient (Wildman–Crippen LogP) is -0.574. The Labute approximate surface area is 66.8 Å². The Morgan fingerprint density at radius 2 is 2.50 bits per heavy atom. The lowest BCUT2D eigenvalue weighted by molar-refractivity contribution is 0.404. The molecule has 2 rings (SSSR count). The maximum Gasteiger partial charge on any atom is 0.294 e. The van der Waals surface area contributed by atoms with Gasteiger partial charge >= 0.3 is 0 Å². The first-order chi connectivity index (χ1) is 5.81. The van der Waals surface area contributed by atoms with Gasteiger partial charge in [0.15, 0.2) is 0 Å². The summed E-state index contributed by atoms with van der Waals surface area (Å²) in [5.41, 5.74) is -0.307. The largest absolute Gasteiger partial charge is 0.490 e. The number of methoxy groups -OCH3 is 1. The molecule has 0 aliphatic rings. The second kappa shape index (κ2) is 2.33. The van der Waals surface area contributed by atoms with E-state index in [2.05, 4.69) is 15.1 Å². The van der Waals surface area contributed by atoms with Crippen LogP contribution in [-0.2, 0) is 0 Å². The number of aromatic amines is 1. The van der Waals surface area contributed by atoms with Crippen molar-refractivity contribution in [1.82, 2.24) is 19.6 Å². The van der Waals surface area contributed by atoms with Gasteiger partial charge in [0.1, 0.15) is 6.33 Å². The summed E-state index contributed by atoms with van der Waals surface area (Å²) in [7, 11) is 1.42. The van der Waals surface area contributed by atoms with Crippen molar-refractivity contribution in [3.63, 3.8) is 0 Å². The van der Waals surface area contributed by atoms with Gasteiger partial charge in [-0.25, -0.2) is 4.52 Å². The molecule has 0 fully saturated rings. The summed E-state index contributed by atoms with van der Waals surface area (Å²) in [4.78, 5) is 17.4. The lowest BCUT2D eigenvalue weighted by Crippen LogP contribution is -2.11. The third-order valence-electron chi connectivity index (χ3n) is 1.48. The van der Waals surface area contributed by atoms with Crippen molar-refractivity contribution < 1.29 is 4.74 Å². The highest BCUT2D eigenvalue weighted by Crippen LogP contribution is 1.99. The van der Waals surface area contributed by atoms with Gasteiger partial charge in [-0.2, -0.15) is 10.1 Å². The summed E-state index contributed by atoms with van der Waals surface area (Å²) in [6, 6.07) is 0. The molecule has 0 spiro atoms. The summed E-state index contributed by atoms with van der Waals surface area (Å²) >= 11 is 0. The van der Waals surface area contributed by atoms with Gasteiger partial charge in [-0.05, 0) is 0 Å². The highest BCUT2D eigenvalue weighted by Gasteiger charge is 2.02. The van der Waals surface area contributed by atoms with Crippen molar-refractivity contribution in [1.29, 1.82) is 0 Å². The molecule has 0 atom stereocenters. The Morgan fingerprint density at radius 3 is 3.25 bits per heavy atom. The average molecular weight is 166 g/mol. The Kier molecular flexibility index (Phi) is 1.33. The molecule has 0 radical (unpaired) electrons. The fourth-order valence-electron chi connectivity index (χ4n) is 0.912. The molecule has 2 aromatic rings. The molecular weight excluding hydrogens is 160 g/mol. The standard InChI is InChI=1S/C6H6N4O2/c1-12-4-2-10-6(7-3-8-10)9-5(4)11/h2-3H,1H3,(H,7,8,9,11). The van der Waals surface area contributed by atoms with E-state index >= 15 is 0 Å². The van der Waals surface area contributed by atoms with Crippen LogP contribution in [0.3, 0.4) is 0 Å². The summed E-state index contributed by atoms with van der Waals surface area (Å²) in [6.07, 6.45) is 2.83. The van der Waals surface area contributed by atoms with Gasteiger partial charge in [0, 0.05) is 0 Å². The Bertz CT molecular complexity index is 458. The van der Waals surface area contributed by atoms with Gasteiger partial charge in [-0.1, -0.05) is 0 Å². The van der Waals surface area contributed by atoms with E-state index in [1.54, 1.807) is 0 Å². The maximum absolute atomic E-state index is 11.1. The Morgan fingerprint density at radius 1 is 1.67 bits per heavy atom. The Balaban J connectivity index is 2.82. The van der Waals surface area contributed by atoms with Crippen molar-refractivity contribution in [2.24, 2.45) is 0 Å². The van der Waals surface area contributed by atoms with E-state index in [0.717, 1.165) is 0 Å². The third-order valence-corrected chi connectivity index (χ3v) is 1.48. The van der Waals surface area contributed by atoms with Crippen molar-refractivity contribution in [2.45, 2.75) is 0 Å². The normalized spacial score (nSPS) is 10.4. The number of rotatable bonds is 1. The number of hydrogen-bond acceptors (Lipinski definition) is 4. The first-order valence-corrected chi connectivity index (χ1v) is 3.28. The molecule has 0 aromatic carbocycles. The Hall–Kier alpha value is -1.85. The minimum absolute atomic E-state index is 0.216. The summed E-state index contributed by atoms with van der Waals surface area (Å²) < 4.78 is 6.22. The molecule has 62 valence electrons. The molecule has 0 bridgehead atoms. The molecule has 6 nitrogen and oxygen atoms in total. The number of nitrogens with one attached hydrogen (secondary N) is 1. The van der Waals surface area contributed by atoms with Crippen LogP contribution in [0.25, 0.3) is 5.78 Å². The van der Waals surface area contributed by atoms with Gasteiger partial charge in [-0.3, -0.25) is 9.78 Å². The number of aromatic nitrogens is 4. The van der Waals surface area contributed by atoms with Crippen LogP contribution >= 0.6 is 0 Å². The second-order valence-corrected chi connectivity index (χ2v) is 2.18. The third kappa shape index (κ3) is 0.849. The zero-order valence-corrected chi connectivity index (χ0v) is 6.31. The van der Waals surface area contributed by atoms with E-state index in [0.29, 0.717) is 5.78 Å². The molecule has 0 saturated heterocycles. The van der Waals surface area contributed by atoms with Crippen molar-refractivity contribution in [3.8, 4) is 5.75 Å². The van der Waals surface area contributed by atoms with E-state index < -0.39 is 0 Å². The minimum atomic E-state index is -0.307. The average Bonchev–Trinajstić information content (AvgIpc) is 2.49. The van der Waals surface area contributed by atoms with Crippen LogP contribution in [0, 0.1) is 0 Å². The quantitative estimate of drug-likeness (QED) is 0.615. The number of nitrogens with zero attached hydrogens (tertiary/aromatic N) is 3. The first-order valence-electron chi connectivity index (χ1n) is 3.28. The zero-order chi connectivity index (χ0) is 8.55. The van der Waals surface area contributed by atoms with Crippen molar-refractivity contribution >= 4 is 5.78 Å². The molecule has 1 N–H and O–H groups in total. The van der Waals surface area contributed by atoms with Crippen LogP contribution in [0.2, 0.25) is 0 Å². The van der Waals surface area contributed by atoms with Gasteiger partial charge in [0.2, 0.25) is 11.5 Å². The predicted molar refractivity (Wildman–Crippen MR) is 40.2 cm³/mol. The van der Waals surface area contributed by atoms with Gasteiger partial charge < -0.3 is 4.74 Å². The number of ether oxygens (including phenoxy) is 1. The molecule has 0 amide bonds. The number of hydrogen-bond donors (Lipinski definition) is 1. The molecular formula is C6H6N4O2. The molecule has 0 aliphatic carbocycles. The maximum atomic E-state index is 11.1. The van der Waals surface area contributed by atoms with E-state index in [1.165, 1.54) is 24.1 Å². The molecule has 0 saturated carbocycles. The van der Waals surface area contributed by atoms with Crippen LogP contribution < -0.4 is 10.3 Å². The first kappa shape index (κ1) is 6.84. The van der Waals surface area contributed by atoms with Crippen molar-refractivity contribution in [3.05, 3.63) is 22.9 Å². The lowest BCUT2D eigenvalue weighted by Gasteiger charge is -1.96. The fraction of sp³-hybridized carbons (Fsp3) is 0.167. The number of H-pyrrole nitrogens is 1. The highest BCUT2D eigenvalue weighted by atomic mass is 16.5. The van der Waals surface area contributed by atoms with E-state index in [1.807, 2.05) is 0 Å². The molecule has 6 heteroatoms. The lowest BCUT2D eigenvalue weighted by atomic mass is 10.6. The zero-order valence-electron chi connectivity index (χ0n) is 6.31. The molecule has 2 heterocycles. The summed E-state index contributed by atoms with van der Waals surface area (Å²) in [5, 5.41) is 3.82. The van der Waals surface area contributed by atoms with Crippen molar-refractivity contribution in [2.75, 3.05) is 7.11 Å². The topological polar surface area (TPSA) is 72.3 Å². The van der Waals surface area contributed by atoms with Crippen LogP contribution in [-0.4, -0.2) is 26.7 Å². The minimum Gasteiger partial charge on any atom is -0.490 e. The summed E-state index contributed by atoms with van der Waals surface area (Å²) in [5.74, 6) is 0.619. The highest BCUT2D eigenvalue weighted by molar-refractivity contribution is 5.28. The van der Waals surface area contributed by atoms with E-state index in [-0.39, 0.29) is 11.3 Å². The molecule has 12 heavy (non-hydrogen) atoms. The molecule has 2 aromatic heterocycles.